The first-order valence-corrected chi connectivity index (χ1v) is 9.36. The van der Waals surface area contributed by atoms with E-state index in [2.05, 4.69) is 10.3 Å². The maximum atomic E-state index is 10.2. The van der Waals surface area contributed by atoms with Crippen molar-refractivity contribution in [3.63, 3.8) is 0 Å². The molecular weight excluding hydrogens is 352 g/mol. The van der Waals surface area contributed by atoms with Crippen LogP contribution in [0.1, 0.15) is 16.7 Å². The minimum absolute atomic E-state index is 0.424. The van der Waals surface area contributed by atoms with Gasteiger partial charge in [0.1, 0.15) is 6.61 Å². The van der Waals surface area contributed by atoms with Gasteiger partial charge in [0.25, 0.3) is 0 Å². The Kier molecular flexibility index (Phi) is 7.41. The van der Waals surface area contributed by atoms with Gasteiger partial charge in [-0.2, -0.15) is 0 Å². The third-order valence-electron chi connectivity index (χ3n) is 4.39. The van der Waals surface area contributed by atoms with Crippen LogP contribution in [0.15, 0.2) is 73.1 Å². The molecule has 1 atom stereocenters. The number of hydrogen-bond acceptors (Lipinski definition) is 5. The Morgan fingerprint density at radius 2 is 1.71 bits per heavy atom. The summed E-state index contributed by atoms with van der Waals surface area (Å²) in [5.41, 5.74) is 3.25. The largest absolute Gasteiger partial charge is 0.493 e. The highest BCUT2D eigenvalue weighted by atomic mass is 16.5. The zero-order chi connectivity index (χ0) is 19.6. The molecule has 1 unspecified atom stereocenters. The summed E-state index contributed by atoms with van der Waals surface area (Å²) in [7, 11) is 1.63. The van der Waals surface area contributed by atoms with Gasteiger partial charge in [-0.15, -0.1) is 0 Å². The monoisotopic (exact) mass is 378 g/mol. The molecule has 0 saturated carbocycles. The molecule has 1 heterocycles. The van der Waals surface area contributed by atoms with Crippen LogP contribution in [0.25, 0.3) is 0 Å². The molecule has 3 aromatic rings. The predicted molar refractivity (Wildman–Crippen MR) is 109 cm³/mol. The maximum absolute atomic E-state index is 10.2. The van der Waals surface area contributed by atoms with Crippen molar-refractivity contribution in [2.75, 3.05) is 13.7 Å². The first-order chi connectivity index (χ1) is 13.7. The third kappa shape index (κ3) is 6.08. The molecule has 2 aromatic carbocycles. The summed E-state index contributed by atoms with van der Waals surface area (Å²) in [5, 5.41) is 13.5. The molecule has 0 radical (unpaired) electrons. The average Bonchev–Trinajstić information content (AvgIpc) is 2.74. The highest BCUT2D eigenvalue weighted by Crippen LogP contribution is 2.28. The summed E-state index contributed by atoms with van der Waals surface area (Å²) in [5.74, 6) is 1.39. The summed E-state index contributed by atoms with van der Waals surface area (Å²) < 4.78 is 11.3. The number of nitrogens with zero attached hydrogens (tertiary/aromatic N) is 1. The average molecular weight is 378 g/mol. The van der Waals surface area contributed by atoms with Crippen molar-refractivity contribution in [3.05, 3.63) is 89.7 Å². The van der Waals surface area contributed by atoms with E-state index in [0.29, 0.717) is 37.6 Å². The molecular formula is C23H26N2O3. The van der Waals surface area contributed by atoms with Crippen molar-refractivity contribution in [1.29, 1.82) is 0 Å². The molecule has 5 nitrogen and oxygen atoms in total. The number of hydrogen-bond donors (Lipinski definition) is 2. The van der Waals surface area contributed by atoms with Gasteiger partial charge in [0.05, 0.1) is 13.2 Å². The molecule has 0 aliphatic rings. The van der Waals surface area contributed by atoms with Crippen molar-refractivity contribution >= 4 is 0 Å². The van der Waals surface area contributed by atoms with Crippen LogP contribution < -0.4 is 14.8 Å². The van der Waals surface area contributed by atoms with Crippen molar-refractivity contribution in [3.8, 4) is 11.5 Å². The minimum atomic E-state index is -0.424. The molecule has 3 rings (SSSR count). The molecule has 0 amide bonds. The lowest BCUT2D eigenvalue weighted by Crippen LogP contribution is -2.28. The van der Waals surface area contributed by atoms with Crippen molar-refractivity contribution in [1.82, 2.24) is 10.3 Å². The molecule has 2 N–H and O–H groups in total. The molecule has 0 aliphatic heterocycles. The summed E-state index contributed by atoms with van der Waals surface area (Å²) in [6, 6.07) is 19.7. The number of aliphatic hydroxyl groups is 1. The number of nitrogens with one attached hydrogen (secondary N) is 1. The number of pyridine rings is 1. The molecule has 28 heavy (non-hydrogen) atoms. The molecule has 5 heteroatoms. The Balaban J connectivity index is 1.49. The standard InChI is InChI=1S/C23H26N2O3/c1-27-23-14-20(7-8-22(23)28-17-19-9-11-24-12-10-19)15-25-16-21(26)13-18-5-3-2-4-6-18/h2-12,14,21,25-26H,13,15-17H2,1H3. The fourth-order valence-corrected chi connectivity index (χ4v) is 2.92. The zero-order valence-corrected chi connectivity index (χ0v) is 16.0. The number of aromatic nitrogens is 1. The van der Waals surface area contributed by atoms with E-state index in [1.54, 1.807) is 19.5 Å². The fourth-order valence-electron chi connectivity index (χ4n) is 2.92. The Bertz CT molecular complexity index is 841. The highest BCUT2D eigenvalue weighted by Gasteiger charge is 2.08. The maximum Gasteiger partial charge on any atom is 0.161 e. The SMILES string of the molecule is COc1cc(CNCC(O)Cc2ccccc2)ccc1OCc1ccncc1. The van der Waals surface area contributed by atoms with Crippen LogP contribution in [0, 0.1) is 0 Å². The number of rotatable bonds is 10. The third-order valence-corrected chi connectivity index (χ3v) is 4.39. The molecule has 0 spiro atoms. The summed E-state index contributed by atoms with van der Waals surface area (Å²) in [4.78, 5) is 4.00. The fraction of sp³-hybridized carbons (Fsp3) is 0.261. The first-order valence-electron chi connectivity index (χ1n) is 9.36. The van der Waals surface area contributed by atoms with Crippen molar-refractivity contribution in [2.45, 2.75) is 25.7 Å². The summed E-state index contributed by atoms with van der Waals surface area (Å²) in [6.45, 7) is 1.63. The first kappa shape index (κ1) is 19.9. The predicted octanol–water partition coefficient (Wildman–Crippen LogP) is 3.36. The van der Waals surface area contributed by atoms with Gasteiger partial charge in [0, 0.05) is 25.5 Å². The van der Waals surface area contributed by atoms with Crippen LogP contribution in [0.5, 0.6) is 11.5 Å². The smallest absolute Gasteiger partial charge is 0.161 e. The van der Waals surface area contributed by atoms with Gasteiger partial charge < -0.3 is 19.9 Å². The molecule has 1 aromatic heterocycles. The summed E-state index contributed by atoms with van der Waals surface area (Å²) >= 11 is 0. The van der Waals surface area contributed by atoms with Gasteiger partial charge >= 0.3 is 0 Å². The van der Waals surface area contributed by atoms with E-state index in [4.69, 9.17) is 9.47 Å². The van der Waals surface area contributed by atoms with Crippen LogP contribution in [-0.2, 0) is 19.6 Å². The molecule has 0 saturated heterocycles. The molecule has 0 fully saturated rings. The van der Waals surface area contributed by atoms with Crippen LogP contribution in [0.3, 0.4) is 0 Å². The molecule has 0 aliphatic carbocycles. The van der Waals surface area contributed by atoms with E-state index in [1.165, 1.54) is 0 Å². The molecule has 146 valence electrons. The van der Waals surface area contributed by atoms with Crippen molar-refractivity contribution < 1.29 is 14.6 Å². The second kappa shape index (κ2) is 10.4. The Morgan fingerprint density at radius 1 is 0.929 bits per heavy atom. The van der Waals surface area contributed by atoms with Gasteiger partial charge in [-0.1, -0.05) is 36.4 Å². The Hall–Kier alpha value is -2.89. The lowest BCUT2D eigenvalue weighted by Gasteiger charge is -2.14. The van der Waals surface area contributed by atoms with Crippen molar-refractivity contribution in [2.24, 2.45) is 0 Å². The van der Waals surface area contributed by atoms with Gasteiger partial charge in [0.2, 0.25) is 0 Å². The lowest BCUT2D eigenvalue weighted by atomic mass is 10.1. The van der Waals surface area contributed by atoms with Crippen LogP contribution in [0.2, 0.25) is 0 Å². The Morgan fingerprint density at radius 3 is 2.46 bits per heavy atom. The number of methoxy groups -OCH3 is 1. The quantitative estimate of drug-likeness (QED) is 0.566. The second-order valence-electron chi connectivity index (χ2n) is 6.60. The van der Waals surface area contributed by atoms with E-state index >= 15 is 0 Å². The minimum Gasteiger partial charge on any atom is -0.493 e. The zero-order valence-electron chi connectivity index (χ0n) is 16.0. The number of aliphatic hydroxyl groups excluding tert-OH is 1. The number of ether oxygens (including phenoxy) is 2. The molecule has 0 bridgehead atoms. The topological polar surface area (TPSA) is 63.6 Å². The van der Waals surface area contributed by atoms with E-state index in [0.717, 1.165) is 16.7 Å². The van der Waals surface area contributed by atoms with E-state index < -0.39 is 6.10 Å². The second-order valence-corrected chi connectivity index (χ2v) is 6.60. The number of benzene rings is 2. The van der Waals surface area contributed by atoms with Gasteiger partial charge in [-0.25, -0.2) is 0 Å². The lowest BCUT2D eigenvalue weighted by molar-refractivity contribution is 0.171. The van der Waals surface area contributed by atoms with Crippen LogP contribution in [-0.4, -0.2) is 29.8 Å². The van der Waals surface area contributed by atoms with E-state index in [1.807, 2.05) is 60.7 Å². The van der Waals surface area contributed by atoms with Crippen LogP contribution in [0.4, 0.5) is 0 Å². The van der Waals surface area contributed by atoms with Gasteiger partial charge in [0.15, 0.2) is 11.5 Å². The van der Waals surface area contributed by atoms with E-state index in [-0.39, 0.29) is 0 Å². The van der Waals surface area contributed by atoms with Crippen LogP contribution >= 0.6 is 0 Å². The Labute approximate surface area is 166 Å². The highest BCUT2D eigenvalue weighted by molar-refractivity contribution is 5.43. The van der Waals surface area contributed by atoms with Gasteiger partial charge in [-0.05, 0) is 47.4 Å². The normalized spacial score (nSPS) is 11.8. The van der Waals surface area contributed by atoms with Gasteiger partial charge in [-0.3, -0.25) is 4.98 Å². The summed E-state index contributed by atoms with van der Waals surface area (Å²) in [6.07, 6.45) is 3.71. The van der Waals surface area contributed by atoms with E-state index in [9.17, 15) is 5.11 Å².